The molecule has 1 aromatic rings. The molecule has 0 atom stereocenters. The summed E-state index contributed by atoms with van der Waals surface area (Å²) < 4.78 is 5.36. The van der Waals surface area contributed by atoms with Gasteiger partial charge in [-0.15, -0.1) is 0 Å². The number of carboxylic acids is 1. The fourth-order valence-corrected chi connectivity index (χ4v) is 1.87. The standard InChI is InChI=1S/C13H15NO4/c15-12(16)2-1-6-14-13(17)10-3-4-11-9(8-10)5-7-18-11/h3-4,8H,1-2,5-7H2,(H,14,17)(H,15,16). The van der Waals surface area contributed by atoms with Crippen LogP contribution in [0.25, 0.3) is 0 Å². The molecule has 0 radical (unpaired) electrons. The van der Waals surface area contributed by atoms with Gasteiger partial charge < -0.3 is 15.2 Å². The summed E-state index contributed by atoms with van der Waals surface area (Å²) in [4.78, 5) is 22.1. The van der Waals surface area contributed by atoms with E-state index < -0.39 is 5.97 Å². The molecule has 1 amide bonds. The summed E-state index contributed by atoms with van der Waals surface area (Å²) in [6.45, 7) is 1.04. The normalized spacial score (nSPS) is 12.7. The van der Waals surface area contributed by atoms with Crippen molar-refractivity contribution >= 4 is 11.9 Å². The number of ether oxygens (including phenoxy) is 1. The zero-order valence-corrected chi connectivity index (χ0v) is 9.94. The van der Waals surface area contributed by atoms with E-state index in [1.807, 2.05) is 6.07 Å². The lowest BCUT2D eigenvalue weighted by Crippen LogP contribution is -2.24. The van der Waals surface area contributed by atoms with Crippen LogP contribution < -0.4 is 10.1 Å². The second-order valence-corrected chi connectivity index (χ2v) is 4.17. The van der Waals surface area contributed by atoms with E-state index >= 15 is 0 Å². The SMILES string of the molecule is O=C(O)CCCNC(=O)c1ccc2c(c1)CCO2. The van der Waals surface area contributed by atoms with Crippen LogP contribution in [-0.4, -0.2) is 30.1 Å². The van der Waals surface area contributed by atoms with Gasteiger partial charge in [0.05, 0.1) is 6.61 Å². The van der Waals surface area contributed by atoms with Crippen LogP contribution in [0.1, 0.15) is 28.8 Å². The monoisotopic (exact) mass is 249 g/mol. The minimum Gasteiger partial charge on any atom is -0.493 e. The molecule has 0 saturated heterocycles. The van der Waals surface area contributed by atoms with Gasteiger partial charge in [0.25, 0.3) is 5.91 Å². The average molecular weight is 249 g/mol. The van der Waals surface area contributed by atoms with Crippen LogP contribution in [0.2, 0.25) is 0 Å². The summed E-state index contributed by atoms with van der Waals surface area (Å²) in [7, 11) is 0. The number of fused-ring (bicyclic) bond motifs is 1. The molecule has 0 spiro atoms. The molecular weight excluding hydrogens is 234 g/mol. The van der Waals surface area contributed by atoms with Crippen molar-refractivity contribution in [2.75, 3.05) is 13.2 Å². The molecule has 96 valence electrons. The highest BCUT2D eigenvalue weighted by Gasteiger charge is 2.14. The number of aliphatic carboxylic acids is 1. The summed E-state index contributed by atoms with van der Waals surface area (Å²) in [6, 6.07) is 5.35. The Hall–Kier alpha value is -2.04. The van der Waals surface area contributed by atoms with Gasteiger partial charge in [-0.2, -0.15) is 0 Å². The second-order valence-electron chi connectivity index (χ2n) is 4.17. The van der Waals surface area contributed by atoms with Gasteiger partial charge in [0, 0.05) is 24.9 Å². The van der Waals surface area contributed by atoms with Crippen LogP contribution in [0.4, 0.5) is 0 Å². The van der Waals surface area contributed by atoms with Gasteiger partial charge in [-0.3, -0.25) is 9.59 Å². The molecule has 1 heterocycles. The number of hydrogen-bond acceptors (Lipinski definition) is 3. The second kappa shape index (κ2) is 5.53. The van der Waals surface area contributed by atoms with Crippen molar-refractivity contribution in [3.8, 4) is 5.75 Å². The van der Waals surface area contributed by atoms with Crippen LogP contribution >= 0.6 is 0 Å². The third kappa shape index (κ3) is 3.00. The smallest absolute Gasteiger partial charge is 0.303 e. The van der Waals surface area contributed by atoms with E-state index in [2.05, 4.69) is 5.32 Å². The van der Waals surface area contributed by atoms with Gasteiger partial charge in [0.2, 0.25) is 0 Å². The summed E-state index contributed by atoms with van der Waals surface area (Å²) in [5.74, 6) is -0.175. The number of carbonyl (C=O) groups excluding carboxylic acids is 1. The Kier molecular flexibility index (Phi) is 3.82. The Bertz CT molecular complexity index is 470. The first-order valence-corrected chi connectivity index (χ1v) is 5.92. The Morgan fingerprint density at radius 1 is 1.39 bits per heavy atom. The minimum atomic E-state index is -0.848. The number of amides is 1. The van der Waals surface area contributed by atoms with Gasteiger partial charge in [0.15, 0.2) is 0 Å². The van der Waals surface area contributed by atoms with Gasteiger partial charge in [0.1, 0.15) is 5.75 Å². The van der Waals surface area contributed by atoms with Gasteiger partial charge in [-0.05, 0) is 30.2 Å². The molecule has 0 saturated carbocycles. The van der Waals surface area contributed by atoms with E-state index in [4.69, 9.17) is 9.84 Å². The molecule has 1 aromatic carbocycles. The topological polar surface area (TPSA) is 75.6 Å². The predicted octanol–water partition coefficient (Wildman–Crippen LogP) is 1.22. The molecule has 0 bridgehead atoms. The van der Waals surface area contributed by atoms with Crippen molar-refractivity contribution in [2.45, 2.75) is 19.3 Å². The molecule has 0 fully saturated rings. The van der Waals surface area contributed by atoms with Gasteiger partial charge in [-0.1, -0.05) is 0 Å². The van der Waals surface area contributed by atoms with Crippen LogP contribution in [0, 0.1) is 0 Å². The number of carboxylic acid groups (broad SMARTS) is 1. The molecule has 2 rings (SSSR count). The highest BCUT2D eigenvalue weighted by Crippen LogP contribution is 2.25. The zero-order chi connectivity index (χ0) is 13.0. The molecule has 0 unspecified atom stereocenters. The maximum absolute atomic E-state index is 11.8. The lowest BCUT2D eigenvalue weighted by molar-refractivity contribution is -0.137. The van der Waals surface area contributed by atoms with Crippen molar-refractivity contribution in [3.63, 3.8) is 0 Å². The van der Waals surface area contributed by atoms with Crippen LogP contribution in [0.3, 0.4) is 0 Å². The summed E-state index contributed by atoms with van der Waals surface area (Å²) in [6.07, 6.45) is 1.34. The van der Waals surface area contributed by atoms with Crippen LogP contribution in [0.5, 0.6) is 5.75 Å². The van der Waals surface area contributed by atoms with E-state index in [0.29, 0.717) is 25.1 Å². The minimum absolute atomic E-state index is 0.0678. The Labute approximate surface area is 105 Å². The molecule has 18 heavy (non-hydrogen) atoms. The van der Waals surface area contributed by atoms with Crippen molar-refractivity contribution in [3.05, 3.63) is 29.3 Å². The molecular formula is C13H15NO4. The van der Waals surface area contributed by atoms with Crippen molar-refractivity contribution in [2.24, 2.45) is 0 Å². The molecule has 0 aromatic heterocycles. The fourth-order valence-electron chi connectivity index (χ4n) is 1.87. The fraction of sp³-hybridized carbons (Fsp3) is 0.385. The lowest BCUT2D eigenvalue weighted by Gasteiger charge is -2.05. The Balaban J connectivity index is 1.87. The average Bonchev–Trinajstić information content (AvgIpc) is 2.81. The largest absolute Gasteiger partial charge is 0.493 e. The number of carbonyl (C=O) groups is 2. The Morgan fingerprint density at radius 3 is 3.00 bits per heavy atom. The van der Waals surface area contributed by atoms with E-state index in [-0.39, 0.29) is 12.3 Å². The summed E-state index contributed by atoms with van der Waals surface area (Å²) in [5, 5.41) is 11.2. The van der Waals surface area contributed by atoms with Gasteiger partial charge >= 0.3 is 5.97 Å². The molecule has 0 aliphatic carbocycles. The molecule has 1 aliphatic rings. The number of rotatable bonds is 5. The zero-order valence-electron chi connectivity index (χ0n) is 9.94. The Morgan fingerprint density at radius 2 is 2.22 bits per heavy atom. The van der Waals surface area contributed by atoms with Gasteiger partial charge in [-0.25, -0.2) is 0 Å². The highest BCUT2D eigenvalue weighted by molar-refractivity contribution is 5.94. The lowest BCUT2D eigenvalue weighted by atomic mass is 10.1. The third-order valence-corrected chi connectivity index (χ3v) is 2.80. The van der Waals surface area contributed by atoms with Crippen molar-refractivity contribution in [1.29, 1.82) is 0 Å². The number of hydrogen-bond donors (Lipinski definition) is 2. The first-order chi connectivity index (χ1) is 8.66. The predicted molar refractivity (Wildman–Crippen MR) is 64.8 cm³/mol. The number of benzene rings is 1. The third-order valence-electron chi connectivity index (χ3n) is 2.80. The van der Waals surface area contributed by atoms with E-state index in [1.54, 1.807) is 12.1 Å². The van der Waals surface area contributed by atoms with E-state index in [1.165, 1.54) is 0 Å². The maximum Gasteiger partial charge on any atom is 0.303 e. The van der Waals surface area contributed by atoms with Crippen LogP contribution in [0.15, 0.2) is 18.2 Å². The van der Waals surface area contributed by atoms with Crippen LogP contribution in [-0.2, 0) is 11.2 Å². The first kappa shape index (κ1) is 12.4. The quantitative estimate of drug-likeness (QED) is 0.769. The van der Waals surface area contributed by atoms with Crippen molar-refractivity contribution in [1.82, 2.24) is 5.32 Å². The first-order valence-electron chi connectivity index (χ1n) is 5.92. The van der Waals surface area contributed by atoms with E-state index in [0.717, 1.165) is 17.7 Å². The number of nitrogens with one attached hydrogen (secondary N) is 1. The molecule has 2 N–H and O–H groups in total. The molecule has 5 nitrogen and oxygen atoms in total. The highest BCUT2D eigenvalue weighted by atomic mass is 16.5. The van der Waals surface area contributed by atoms with E-state index in [9.17, 15) is 9.59 Å². The van der Waals surface area contributed by atoms with Crippen molar-refractivity contribution < 1.29 is 19.4 Å². The summed E-state index contributed by atoms with van der Waals surface area (Å²) >= 11 is 0. The molecule has 5 heteroatoms. The summed E-state index contributed by atoms with van der Waals surface area (Å²) in [5.41, 5.74) is 1.64. The molecule has 1 aliphatic heterocycles. The maximum atomic E-state index is 11.8.